The monoisotopic (exact) mass is 852 g/mol. The first-order valence-corrected chi connectivity index (χ1v) is 22.8. The summed E-state index contributed by atoms with van der Waals surface area (Å²) in [5.41, 5.74) is 13.1. The van der Waals surface area contributed by atoms with Gasteiger partial charge in [-0.1, -0.05) is 212 Å². The number of fused-ring (bicyclic) bond motifs is 6. The van der Waals surface area contributed by atoms with Gasteiger partial charge in [-0.15, -0.1) is 0 Å². The summed E-state index contributed by atoms with van der Waals surface area (Å²) in [7, 11) is 0. The molecule has 0 bridgehead atoms. The van der Waals surface area contributed by atoms with E-state index in [4.69, 9.17) is 15.0 Å². The Kier molecular flexibility index (Phi) is 9.14. The molecule has 13 aromatic rings. The van der Waals surface area contributed by atoms with Gasteiger partial charge in [-0.05, 0) is 90.6 Å². The molecule has 0 aliphatic heterocycles. The maximum Gasteiger partial charge on any atom is 0.164 e. The van der Waals surface area contributed by atoms with E-state index in [-0.39, 0.29) is 0 Å². The Morgan fingerprint density at radius 1 is 0.239 bits per heavy atom. The number of hydrogen-bond donors (Lipinski definition) is 0. The first-order chi connectivity index (χ1) is 33.2. The molecule has 67 heavy (non-hydrogen) atoms. The third-order valence-corrected chi connectivity index (χ3v) is 13.3. The van der Waals surface area contributed by atoms with Crippen molar-refractivity contribution in [3.05, 3.63) is 243 Å². The molecule has 0 aliphatic rings. The van der Waals surface area contributed by atoms with Crippen molar-refractivity contribution in [2.75, 3.05) is 0 Å². The molecule has 0 fully saturated rings. The van der Waals surface area contributed by atoms with Crippen LogP contribution in [-0.2, 0) is 0 Å². The van der Waals surface area contributed by atoms with E-state index in [0.29, 0.717) is 17.5 Å². The molecule has 0 aliphatic carbocycles. The van der Waals surface area contributed by atoms with Gasteiger partial charge in [-0.2, -0.15) is 0 Å². The van der Waals surface area contributed by atoms with Crippen molar-refractivity contribution in [1.29, 1.82) is 0 Å². The zero-order valence-corrected chi connectivity index (χ0v) is 36.4. The summed E-state index contributed by atoms with van der Waals surface area (Å²) in [5.74, 6) is 1.84. The van der Waals surface area contributed by atoms with Gasteiger partial charge >= 0.3 is 0 Å². The minimum absolute atomic E-state index is 0.611. The normalized spacial score (nSPS) is 11.6. The van der Waals surface area contributed by atoms with Gasteiger partial charge < -0.3 is 4.57 Å². The number of hydrogen-bond acceptors (Lipinski definition) is 3. The van der Waals surface area contributed by atoms with Crippen LogP contribution in [-0.4, -0.2) is 19.5 Å². The third kappa shape index (κ3) is 6.65. The highest BCUT2D eigenvalue weighted by Gasteiger charge is 2.19. The van der Waals surface area contributed by atoms with E-state index >= 15 is 0 Å². The minimum atomic E-state index is 0.611. The van der Waals surface area contributed by atoms with Crippen LogP contribution >= 0.6 is 0 Å². The molecule has 0 spiro atoms. The largest absolute Gasteiger partial charge is 0.309 e. The van der Waals surface area contributed by atoms with Gasteiger partial charge in [0.1, 0.15) is 0 Å². The van der Waals surface area contributed by atoms with Gasteiger partial charge in [0, 0.05) is 32.8 Å². The fourth-order valence-electron chi connectivity index (χ4n) is 10.1. The number of para-hydroxylation sites is 2. The summed E-state index contributed by atoms with van der Waals surface area (Å²) in [6.45, 7) is 0. The summed E-state index contributed by atoms with van der Waals surface area (Å²) in [5, 5.41) is 9.53. The number of aromatic nitrogens is 4. The lowest BCUT2D eigenvalue weighted by Crippen LogP contribution is -2.01. The molecule has 2 aromatic heterocycles. The SMILES string of the molecule is c1cc(-c2ccc(-c3cccc4ccccc34)cc2)cc(-c2nc(-c3cccc(-c4cccc5ccccc45)c3)nc(-c3cccc4c(-n5c6ccccc6c6ccccc65)cccc34)n2)c1. The van der Waals surface area contributed by atoms with Crippen LogP contribution in [0.15, 0.2) is 243 Å². The molecule has 13 rings (SSSR count). The van der Waals surface area contributed by atoms with Crippen LogP contribution in [0.25, 0.3) is 127 Å². The van der Waals surface area contributed by atoms with E-state index in [0.717, 1.165) is 49.8 Å². The Balaban J connectivity index is 0.968. The van der Waals surface area contributed by atoms with E-state index < -0.39 is 0 Å². The Morgan fingerprint density at radius 3 is 1.31 bits per heavy atom. The number of benzene rings is 11. The molecule has 0 N–H and O–H groups in total. The number of rotatable bonds is 7. The first-order valence-electron chi connectivity index (χ1n) is 22.8. The Hall–Kier alpha value is -8.99. The van der Waals surface area contributed by atoms with Crippen molar-refractivity contribution in [2.24, 2.45) is 0 Å². The van der Waals surface area contributed by atoms with E-state index in [2.05, 4.69) is 247 Å². The average Bonchev–Trinajstić information content (AvgIpc) is 3.74. The summed E-state index contributed by atoms with van der Waals surface area (Å²) in [6.07, 6.45) is 0. The molecule has 0 atom stereocenters. The molecular formula is C63H40N4. The zero-order chi connectivity index (χ0) is 44.3. The van der Waals surface area contributed by atoms with Crippen LogP contribution in [0.5, 0.6) is 0 Å². The van der Waals surface area contributed by atoms with E-state index in [9.17, 15) is 0 Å². The molecule has 0 amide bonds. The van der Waals surface area contributed by atoms with Crippen molar-refractivity contribution >= 4 is 54.1 Å². The van der Waals surface area contributed by atoms with Crippen LogP contribution in [0, 0.1) is 0 Å². The molecular weight excluding hydrogens is 813 g/mol. The smallest absolute Gasteiger partial charge is 0.164 e. The molecule has 0 unspecified atom stereocenters. The summed E-state index contributed by atoms with van der Waals surface area (Å²) >= 11 is 0. The Labute approximate surface area is 387 Å². The molecule has 0 saturated carbocycles. The van der Waals surface area contributed by atoms with Gasteiger partial charge in [0.2, 0.25) is 0 Å². The first kappa shape index (κ1) is 38.5. The fourth-order valence-corrected chi connectivity index (χ4v) is 10.1. The van der Waals surface area contributed by atoms with Crippen LogP contribution in [0.2, 0.25) is 0 Å². The molecule has 312 valence electrons. The molecule has 0 radical (unpaired) electrons. The molecule has 11 aromatic carbocycles. The highest BCUT2D eigenvalue weighted by Crippen LogP contribution is 2.39. The second-order valence-corrected chi connectivity index (χ2v) is 17.1. The predicted octanol–water partition coefficient (Wildman–Crippen LogP) is 16.4. The molecule has 4 nitrogen and oxygen atoms in total. The summed E-state index contributed by atoms with van der Waals surface area (Å²) in [4.78, 5) is 16.0. The highest BCUT2D eigenvalue weighted by molar-refractivity contribution is 6.11. The average molecular weight is 853 g/mol. The van der Waals surface area contributed by atoms with E-state index in [1.165, 1.54) is 60.0 Å². The Bertz CT molecular complexity index is 3990. The second kappa shape index (κ2) is 15.9. The van der Waals surface area contributed by atoms with E-state index in [1.807, 2.05) is 0 Å². The minimum Gasteiger partial charge on any atom is -0.309 e. The van der Waals surface area contributed by atoms with Gasteiger partial charge in [0.15, 0.2) is 17.5 Å². The maximum absolute atomic E-state index is 5.35. The van der Waals surface area contributed by atoms with Crippen molar-refractivity contribution < 1.29 is 0 Å². The predicted molar refractivity (Wildman–Crippen MR) is 279 cm³/mol. The molecule has 0 saturated heterocycles. The molecule has 2 heterocycles. The Morgan fingerprint density at radius 2 is 0.657 bits per heavy atom. The summed E-state index contributed by atoms with van der Waals surface area (Å²) in [6, 6.07) is 86.5. The van der Waals surface area contributed by atoms with Gasteiger partial charge in [-0.25, -0.2) is 15.0 Å². The van der Waals surface area contributed by atoms with Crippen LogP contribution in [0.1, 0.15) is 0 Å². The standard InChI is InChI=1S/C63H40N4/c1-3-23-49-42(15-1)17-11-27-51(49)44-37-35-41(36-38-44)45-19-9-21-47(39-45)61-64-62(48-22-10-20-46(40-48)52-28-12-18-43-16-2-4-24-50(43)52)66-63(65-61)57-31-13-30-54-53(57)29-14-34-60(54)67-58-32-7-5-25-55(58)56-26-6-8-33-59(56)67/h1-40H. The quantitative estimate of drug-likeness (QED) is 0.160. The lowest BCUT2D eigenvalue weighted by molar-refractivity contribution is 1.08. The molecule has 4 heteroatoms. The highest BCUT2D eigenvalue weighted by atomic mass is 15.0. The van der Waals surface area contributed by atoms with Gasteiger partial charge in [-0.3, -0.25) is 0 Å². The van der Waals surface area contributed by atoms with Crippen molar-refractivity contribution in [2.45, 2.75) is 0 Å². The van der Waals surface area contributed by atoms with Crippen LogP contribution in [0.3, 0.4) is 0 Å². The van der Waals surface area contributed by atoms with Crippen LogP contribution < -0.4 is 0 Å². The maximum atomic E-state index is 5.35. The van der Waals surface area contributed by atoms with Crippen molar-refractivity contribution in [3.63, 3.8) is 0 Å². The summed E-state index contributed by atoms with van der Waals surface area (Å²) < 4.78 is 2.39. The lowest BCUT2D eigenvalue weighted by atomic mass is 9.96. The van der Waals surface area contributed by atoms with Crippen LogP contribution in [0.4, 0.5) is 0 Å². The number of nitrogens with zero attached hydrogens (tertiary/aromatic N) is 4. The topological polar surface area (TPSA) is 43.6 Å². The van der Waals surface area contributed by atoms with Crippen molar-refractivity contribution in [1.82, 2.24) is 19.5 Å². The van der Waals surface area contributed by atoms with Gasteiger partial charge in [0.05, 0.1) is 16.7 Å². The zero-order valence-electron chi connectivity index (χ0n) is 36.4. The fraction of sp³-hybridized carbons (Fsp3) is 0. The second-order valence-electron chi connectivity index (χ2n) is 17.1. The third-order valence-electron chi connectivity index (χ3n) is 13.3. The van der Waals surface area contributed by atoms with Crippen molar-refractivity contribution in [3.8, 4) is 73.2 Å². The van der Waals surface area contributed by atoms with E-state index in [1.54, 1.807) is 0 Å². The van der Waals surface area contributed by atoms with Gasteiger partial charge in [0.25, 0.3) is 0 Å². The lowest BCUT2D eigenvalue weighted by Gasteiger charge is -2.15.